The van der Waals surface area contributed by atoms with E-state index < -0.39 is 5.41 Å². The molecule has 0 radical (unpaired) electrons. The third-order valence-electron chi connectivity index (χ3n) is 12.5. The van der Waals surface area contributed by atoms with E-state index in [4.69, 9.17) is 9.97 Å². The number of hydrogen-bond acceptors (Lipinski definition) is 3. The number of hydrogen-bond donors (Lipinski definition) is 0. The smallest absolute Gasteiger partial charge is 0.160 e. The zero-order valence-electron chi connectivity index (χ0n) is 32.7. The standard InChI is InChI=1S/C57H37N3/c1-4-16-38(17-5-1)39-28-30-41(31-29-39)53-37-52(40-18-6-2-7-19-40)58-56(59-53)44-32-33-48-46(35-44)47-34-42-20-10-11-21-43(42)36-51(47)57(48)49-24-12-14-26-54(49)60(45-22-8-3-9-23-45)55-27-15-13-25-50(55)57/h1-37H. The second-order valence-electron chi connectivity index (χ2n) is 15.7. The van der Waals surface area contributed by atoms with E-state index in [1.54, 1.807) is 0 Å². The van der Waals surface area contributed by atoms with Gasteiger partial charge in [-0.25, -0.2) is 9.97 Å². The highest BCUT2D eigenvalue weighted by Gasteiger charge is 2.52. The van der Waals surface area contributed by atoms with Crippen molar-refractivity contribution in [1.82, 2.24) is 9.97 Å². The molecule has 1 aliphatic carbocycles. The number of anilines is 3. The maximum absolute atomic E-state index is 5.33. The van der Waals surface area contributed by atoms with Crippen LogP contribution in [0.15, 0.2) is 224 Å². The molecule has 0 atom stereocenters. The quantitative estimate of drug-likeness (QED) is 0.175. The van der Waals surface area contributed by atoms with E-state index in [1.807, 2.05) is 6.07 Å². The van der Waals surface area contributed by atoms with E-state index in [0.717, 1.165) is 33.8 Å². The van der Waals surface area contributed by atoms with Gasteiger partial charge in [-0.3, -0.25) is 0 Å². The number of rotatable bonds is 5. The van der Waals surface area contributed by atoms with Gasteiger partial charge in [-0.15, -0.1) is 0 Å². The van der Waals surface area contributed by atoms with Gasteiger partial charge in [0.2, 0.25) is 0 Å². The largest absolute Gasteiger partial charge is 0.310 e. The van der Waals surface area contributed by atoms with Crippen LogP contribution < -0.4 is 4.90 Å². The molecule has 12 rings (SSSR count). The predicted octanol–water partition coefficient (Wildman–Crippen LogP) is 14.4. The van der Waals surface area contributed by atoms with Crippen LogP contribution in [0.4, 0.5) is 17.1 Å². The topological polar surface area (TPSA) is 29.0 Å². The fourth-order valence-electron chi connectivity index (χ4n) is 9.78. The fourth-order valence-corrected chi connectivity index (χ4v) is 9.78. The molecular formula is C57H37N3. The van der Waals surface area contributed by atoms with Crippen molar-refractivity contribution in [2.45, 2.75) is 5.41 Å². The number of fused-ring (bicyclic) bond motifs is 10. The Bertz CT molecular complexity index is 3200. The van der Waals surface area contributed by atoms with Crippen molar-refractivity contribution < 1.29 is 0 Å². The van der Waals surface area contributed by atoms with Crippen LogP contribution in [0.3, 0.4) is 0 Å². The lowest BCUT2D eigenvalue weighted by Crippen LogP contribution is -2.36. The Morgan fingerprint density at radius 2 is 0.783 bits per heavy atom. The van der Waals surface area contributed by atoms with Crippen molar-refractivity contribution in [3.05, 3.63) is 247 Å². The van der Waals surface area contributed by atoms with Crippen LogP contribution >= 0.6 is 0 Å². The van der Waals surface area contributed by atoms with E-state index in [2.05, 4.69) is 223 Å². The van der Waals surface area contributed by atoms with Crippen molar-refractivity contribution in [1.29, 1.82) is 0 Å². The zero-order valence-corrected chi connectivity index (χ0v) is 32.7. The zero-order chi connectivity index (χ0) is 39.6. The van der Waals surface area contributed by atoms with Crippen LogP contribution in [0.1, 0.15) is 22.3 Å². The summed E-state index contributed by atoms with van der Waals surface area (Å²) in [5.74, 6) is 0.698. The second kappa shape index (κ2) is 13.6. The summed E-state index contributed by atoms with van der Waals surface area (Å²) in [5, 5.41) is 2.45. The number of nitrogens with zero attached hydrogens (tertiary/aromatic N) is 3. The van der Waals surface area contributed by atoms with E-state index in [0.29, 0.717) is 5.82 Å². The van der Waals surface area contributed by atoms with Crippen LogP contribution in [0.2, 0.25) is 0 Å². The molecule has 9 aromatic carbocycles. The lowest BCUT2D eigenvalue weighted by Gasteiger charge is -2.45. The molecule has 60 heavy (non-hydrogen) atoms. The van der Waals surface area contributed by atoms with E-state index >= 15 is 0 Å². The van der Waals surface area contributed by atoms with Gasteiger partial charge in [0.25, 0.3) is 0 Å². The average Bonchev–Trinajstić information content (AvgIpc) is 3.60. The van der Waals surface area contributed by atoms with Gasteiger partial charge < -0.3 is 4.90 Å². The van der Waals surface area contributed by atoms with E-state index in [-0.39, 0.29) is 0 Å². The van der Waals surface area contributed by atoms with Crippen molar-refractivity contribution in [3.63, 3.8) is 0 Å². The van der Waals surface area contributed by atoms with Crippen molar-refractivity contribution in [2.24, 2.45) is 0 Å². The van der Waals surface area contributed by atoms with Gasteiger partial charge in [-0.1, -0.05) is 176 Å². The number of para-hydroxylation sites is 3. The summed E-state index contributed by atoms with van der Waals surface area (Å²) in [6.45, 7) is 0. The molecule has 10 aromatic rings. The second-order valence-corrected chi connectivity index (χ2v) is 15.7. The van der Waals surface area contributed by atoms with Gasteiger partial charge in [0.15, 0.2) is 5.82 Å². The van der Waals surface area contributed by atoms with Gasteiger partial charge >= 0.3 is 0 Å². The molecule has 0 saturated carbocycles. The van der Waals surface area contributed by atoms with Crippen molar-refractivity contribution >= 4 is 27.8 Å². The molecule has 2 heterocycles. The van der Waals surface area contributed by atoms with Crippen molar-refractivity contribution in [3.8, 4) is 56.2 Å². The summed E-state index contributed by atoms with van der Waals surface area (Å²) < 4.78 is 0. The Hall–Kier alpha value is -7.88. The van der Waals surface area contributed by atoms with E-state index in [1.165, 1.54) is 66.7 Å². The van der Waals surface area contributed by atoms with Gasteiger partial charge in [-0.05, 0) is 104 Å². The highest BCUT2D eigenvalue weighted by atomic mass is 15.2. The summed E-state index contributed by atoms with van der Waals surface area (Å²) >= 11 is 0. The third kappa shape index (κ3) is 5.23. The van der Waals surface area contributed by atoms with Crippen LogP contribution in [0, 0.1) is 0 Å². The summed E-state index contributed by atoms with van der Waals surface area (Å²) in [5.41, 5.74) is 17.7. The highest BCUT2D eigenvalue weighted by molar-refractivity contribution is 6.00. The first-order valence-corrected chi connectivity index (χ1v) is 20.6. The van der Waals surface area contributed by atoms with Crippen LogP contribution in [0.25, 0.3) is 66.9 Å². The molecule has 0 saturated heterocycles. The highest BCUT2D eigenvalue weighted by Crippen LogP contribution is 2.64. The minimum atomic E-state index is -0.565. The molecule has 0 fully saturated rings. The maximum atomic E-state index is 5.33. The predicted molar refractivity (Wildman–Crippen MR) is 247 cm³/mol. The molecule has 280 valence electrons. The van der Waals surface area contributed by atoms with Gasteiger partial charge in [0, 0.05) is 22.4 Å². The first kappa shape index (κ1) is 34.2. The Kier molecular flexibility index (Phi) is 7.76. The van der Waals surface area contributed by atoms with Gasteiger partial charge in [-0.2, -0.15) is 0 Å². The SMILES string of the molecule is c1ccc(-c2ccc(-c3cc(-c4ccccc4)nc(-c4ccc5c(c4)-c4cc6ccccc6cc4C54c5ccccc5N(c5ccccc5)c5ccccc54)n3)cc2)cc1. The third-order valence-corrected chi connectivity index (χ3v) is 12.5. The molecule has 1 aromatic heterocycles. The van der Waals surface area contributed by atoms with Gasteiger partial charge in [0.05, 0.1) is 28.2 Å². The average molecular weight is 764 g/mol. The minimum absolute atomic E-state index is 0.565. The maximum Gasteiger partial charge on any atom is 0.160 e. The molecule has 3 heteroatoms. The van der Waals surface area contributed by atoms with E-state index in [9.17, 15) is 0 Å². The van der Waals surface area contributed by atoms with Gasteiger partial charge in [0.1, 0.15) is 0 Å². The molecular weight excluding hydrogens is 727 g/mol. The molecule has 0 unspecified atom stereocenters. The first-order chi connectivity index (χ1) is 29.7. The van der Waals surface area contributed by atoms with Crippen molar-refractivity contribution in [2.75, 3.05) is 4.90 Å². The Balaban J connectivity index is 1.09. The van der Waals surface area contributed by atoms with Crippen LogP contribution in [-0.2, 0) is 5.41 Å². The number of benzene rings is 9. The Labute approximate surface area is 349 Å². The molecule has 2 aliphatic rings. The van der Waals surface area contributed by atoms with Crippen LogP contribution in [-0.4, -0.2) is 9.97 Å². The summed E-state index contributed by atoms with van der Waals surface area (Å²) in [6, 6.07) is 81.0. The summed E-state index contributed by atoms with van der Waals surface area (Å²) in [6.07, 6.45) is 0. The monoisotopic (exact) mass is 763 g/mol. The fraction of sp³-hybridized carbons (Fsp3) is 0.0175. The lowest BCUT2D eigenvalue weighted by molar-refractivity contribution is 0.753. The Morgan fingerprint density at radius 3 is 1.43 bits per heavy atom. The molecule has 1 spiro atoms. The normalized spacial score (nSPS) is 13.1. The molecule has 0 bridgehead atoms. The summed E-state index contributed by atoms with van der Waals surface area (Å²) in [7, 11) is 0. The molecule has 1 aliphatic heterocycles. The summed E-state index contributed by atoms with van der Waals surface area (Å²) in [4.78, 5) is 13.1. The minimum Gasteiger partial charge on any atom is -0.310 e. The lowest BCUT2D eigenvalue weighted by atomic mass is 9.64. The van der Waals surface area contributed by atoms with Crippen LogP contribution in [0.5, 0.6) is 0 Å². The Morgan fingerprint density at radius 1 is 0.317 bits per heavy atom. The molecule has 0 amide bonds. The number of aromatic nitrogens is 2. The molecule has 3 nitrogen and oxygen atoms in total. The first-order valence-electron chi connectivity index (χ1n) is 20.6. The molecule has 0 N–H and O–H groups in total.